The van der Waals surface area contributed by atoms with Crippen LogP contribution in [0.5, 0.6) is 5.75 Å². The van der Waals surface area contributed by atoms with Crippen molar-refractivity contribution in [2.75, 3.05) is 32.8 Å². The van der Waals surface area contributed by atoms with Crippen molar-refractivity contribution in [3.05, 3.63) is 64.7 Å². The molecule has 1 fully saturated rings. The molecule has 2 heterocycles. The van der Waals surface area contributed by atoms with Crippen LogP contribution in [-0.4, -0.2) is 60.4 Å². The van der Waals surface area contributed by atoms with Gasteiger partial charge in [-0.1, -0.05) is 37.3 Å². The Bertz CT molecular complexity index is 1020. The van der Waals surface area contributed by atoms with Gasteiger partial charge in [-0.2, -0.15) is 0 Å². The molecule has 0 radical (unpaired) electrons. The number of carbonyl (C=O) groups excluding carboxylic acids is 3. The van der Waals surface area contributed by atoms with Crippen molar-refractivity contribution in [1.29, 1.82) is 0 Å². The molecule has 33 heavy (non-hydrogen) atoms. The molecule has 0 aromatic heterocycles. The maximum absolute atomic E-state index is 12.7. The van der Waals surface area contributed by atoms with E-state index in [1.165, 1.54) is 10.5 Å². The molecule has 2 aliphatic heterocycles. The molecule has 0 bridgehead atoms. The quantitative estimate of drug-likeness (QED) is 0.662. The van der Waals surface area contributed by atoms with Crippen LogP contribution in [0.3, 0.4) is 0 Å². The van der Waals surface area contributed by atoms with Gasteiger partial charge in [-0.05, 0) is 23.3 Å². The Labute approximate surface area is 193 Å². The average Bonchev–Trinajstić information content (AvgIpc) is 3.14. The summed E-state index contributed by atoms with van der Waals surface area (Å²) >= 11 is 0. The Balaban J connectivity index is 1.35. The van der Waals surface area contributed by atoms with Crippen molar-refractivity contribution in [1.82, 2.24) is 15.1 Å². The molecule has 0 aliphatic carbocycles. The Kier molecular flexibility index (Phi) is 7.36. The first-order chi connectivity index (χ1) is 16.0. The van der Waals surface area contributed by atoms with Gasteiger partial charge in [0, 0.05) is 37.2 Å². The van der Waals surface area contributed by atoms with Gasteiger partial charge < -0.3 is 14.4 Å². The van der Waals surface area contributed by atoms with Gasteiger partial charge in [-0.25, -0.2) is 0 Å². The van der Waals surface area contributed by atoms with E-state index in [1.54, 1.807) is 19.1 Å². The summed E-state index contributed by atoms with van der Waals surface area (Å²) in [5, 5.41) is 2.28. The summed E-state index contributed by atoms with van der Waals surface area (Å²) in [4.78, 5) is 40.0. The standard InChI is InChI=1S/C25H29N3O5/c1-2-23(29)26-24(30)16-28-15-21-20(25(28)31)4-3-5-22(21)33-17-19-8-6-18(7-9-19)14-27-10-12-32-13-11-27/h3-9H,2,10-17H2,1H3,(H,26,29,30). The highest BCUT2D eigenvalue weighted by atomic mass is 16.5. The molecule has 174 valence electrons. The van der Waals surface area contributed by atoms with Crippen LogP contribution in [0.2, 0.25) is 0 Å². The van der Waals surface area contributed by atoms with Crippen LogP contribution in [0.4, 0.5) is 0 Å². The highest BCUT2D eigenvalue weighted by molar-refractivity contribution is 6.02. The van der Waals surface area contributed by atoms with E-state index in [2.05, 4.69) is 34.5 Å². The number of amides is 3. The number of carbonyl (C=O) groups is 3. The molecular weight excluding hydrogens is 422 g/mol. The number of benzene rings is 2. The SMILES string of the molecule is CCC(=O)NC(=O)CN1Cc2c(OCc3ccc(CN4CCOCC4)cc3)cccc2C1=O. The minimum Gasteiger partial charge on any atom is -0.489 e. The minimum absolute atomic E-state index is 0.163. The van der Waals surface area contributed by atoms with E-state index in [4.69, 9.17) is 9.47 Å². The fourth-order valence-corrected chi connectivity index (χ4v) is 4.00. The number of nitrogens with zero attached hydrogens (tertiary/aromatic N) is 2. The molecule has 0 unspecified atom stereocenters. The summed E-state index contributed by atoms with van der Waals surface area (Å²) in [7, 11) is 0. The average molecular weight is 452 g/mol. The van der Waals surface area contributed by atoms with Gasteiger partial charge in [-0.15, -0.1) is 0 Å². The Hall–Kier alpha value is -3.23. The number of imide groups is 1. The predicted molar refractivity (Wildman–Crippen MR) is 121 cm³/mol. The van der Waals surface area contributed by atoms with Gasteiger partial charge >= 0.3 is 0 Å². The monoisotopic (exact) mass is 451 g/mol. The number of hydrogen-bond donors (Lipinski definition) is 1. The fourth-order valence-electron chi connectivity index (χ4n) is 4.00. The molecule has 0 saturated carbocycles. The van der Waals surface area contributed by atoms with E-state index in [1.807, 2.05) is 6.07 Å². The Morgan fingerprint density at radius 2 is 1.76 bits per heavy atom. The van der Waals surface area contributed by atoms with Crippen LogP contribution < -0.4 is 10.1 Å². The molecule has 1 N–H and O–H groups in total. The van der Waals surface area contributed by atoms with E-state index < -0.39 is 5.91 Å². The summed E-state index contributed by atoms with van der Waals surface area (Å²) in [5.41, 5.74) is 3.59. The van der Waals surface area contributed by atoms with Gasteiger partial charge in [0.25, 0.3) is 5.91 Å². The minimum atomic E-state index is -0.484. The summed E-state index contributed by atoms with van der Waals surface area (Å²) in [6.45, 7) is 6.55. The number of nitrogens with one attached hydrogen (secondary N) is 1. The molecule has 2 aromatic rings. The second-order valence-electron chi connectivity index (χ2n) is 8.26. The Morgan fingerprint density at radius 1 is 1.03 bits per heavy atom. The van der Waals surface area contributed by atoms with E-state index >= 15 is 0 Å². The molecule has 0 atom stereocenters. The molecule has 1 saturated heterocycles. The summed E-state index contributed by atoms with van der Waals surface area (Å²) < 4.78 is 11.4. The fraction of sp³-hybridized carbons (Fsp3) is 0.400. The number of ether oxygens (including phenoxy) is 2. The van der Waals surface area contributed by atoms with E-state index in [-0.39, 0.29) is 31.3 Å². The van der Waals surface area contributed by atoms with Crippen molar-refractivity contribution in [2.45, 2.75) is 33.0 Å². The van der Waals surface area contributed by atoms with Crippen molar-refractivity contribution < 1.29 is 23.9 Å². The summed E-state index contributed by atoms with van der Waals surface area (Å²) in [6.07, 6.45) is 0.214. The predicted octanol–water partition coefficient (Wildman–Crippen LogP) is 2.11. The molecule has 3 amide bonds. The maximum Gasteiger partial charge on any atom is 0.255 e. The van der Waals surface area contributed by atoms with Gasteiger partial charge in [-0.3, -0.25) is 24.6 Å². The van der Waals surface area contributed by atoms with Gasteiger partial charge in [0.15, 0.2) is 0 Å². The van der Waals surface area contributed by atoms with E-state index in [0.29, 0.717) is 17.9 Å². The first-order valence-corrected chi connectivity index (χ1v) is 11.3. The Morgan fingerprint density at radius 3 is 2.48 bits per heavy atom. The third-order valence-electron chi connectivity index (χ3n) is 5.86. The van der Waals surface area contributed by atoms with Crippen LogP contribution in [0.1, 0.15) is 40.4 Å². The molecule has 8 heteroatoms. The highest BCUT2D eigenvalue weighted by Crippen LogP contribution is 2.31. The molecule has 0 spiro atoms. The molecule has 2 aliphatic rings. The normalized spacial score (nSPS) is 15.9. The van der Waals surface area contributed by atoms with E-state index in [9.17, 15) is 14.4 Å². The molecule has 2 aromatic carbocycles. The first kappa shape index (κ1) is 22.9. The number of morpholine rings is 1. The first-order valence-electron chi connectivity index (χ1n) is 11.3. The summed E-state index contributed by atoms with van der Waals surface area (Å²) in [5.74, 6) is -0.445. The maximum atomic E-state index is 12.7. The third-order valence-corrected chi connectivity index (χ3v) is 5.86. The van der Waals surface area contributed by atoms with E-state index in [0.717, 1.165) is 44.0 Å². The van der Waals surface area contributed by atoms with Crippen molar-refractivity contribution in [3.8, 4) is 5.75 Å². The van der Waals surface area contributed by atoms with Crippen molar-refractivity contribution in [2.24, 2.45) is 0 Å². The largest absolute Gasteiger partial charge is 0.489 e. The lowest BCUT2D eigenvalue weighted by atomic mass is 10.1. The van der Waals surface area contributed by atoms with Crippen molar-refractivity contribution in [3.63, 3.8) is 0 Å². The second-order valence-corrected chi connectivity index (χ2v) is 8.26. The topological polar surface area (TPSA) is 88.2 Å². The van der Waals surface area contributed by atoms with Crippen LogP contribution >= 0.6 is 0 Å². The third kappa shape index (κ3) is 5.77. The highest BCUT2D eigenvalue weighted by Gasteiger charge is 2.31. The van der Waals surface area contributed by atoms with Gasteiger partial charge in [0.2, 0.25) is 11.8 Å². The number of fused-ring (bicyclic) bond motifs is 1. The molecule has 8 nitrogen and oxygen atoms in total. The zero-order valence-corrected chi connectivity index (χ0v) is 18.8. The lowest BCUT2D eigenvalue weighted by molar-refractivity contribution is -0.130. The van der Waals surface area contributed by atoms with Gasteiger partial charge in [0.1, 0.15) is 18.9 Å². The summed E-state index contributed by atoms with van der Waals surface area (Å²) in [6, 6.07) is 13.7. The lowest BCUT2D eigenvalue weighted by Gasteiger charge is -2.26. The number of hydrogen-bond acceptors (Lipinski definition) is 6. The van der Waals surface area contributed by atoms with Crippen LogP contribution in [0.25, 0.3) is 0 Å². The van der Waals surface area contributed by atoms with Gasteiger partial charge in [0.05, 0.1) is 19.8 Å². The molecule has 4 rings (SSSR count). The second kappa shape index (κ2) is 10.6. The zero-order valence-electron chi connectivity index (χ0n) is 18.8. The van der Waals surface area contributed by atoms with Crippen LogP contribution in [0.15, 0.2) is 42.5 Å². The smallest absolute Gasteiger partial charge is 0.255 e. The number of rotatable bonds is 8. The van der Waals surface area contributed by atoms with Crippen LogP contribution in [-0.2, 0) is 34.0 Å². The lowest BCUT2D eigenvalue weighted by Crippen LogP contribution is -2.39. The van der Waals surface area contributed by atoms with Crippen LogP contribution in [0, 0.1) is 0 Å². The van der Waals surface area contributed by atoms with Crippen molar-refractivity contribution >= 4 is 17.7 Å². The zero-order chi connectivity index (χ0) is 23.2. The molecular formula is C25H29N3O5.